The second-order valence-corrected chi connectivity index (χ2v) is 8.43. The lowest BCUT2D eigenvalue weighted by Gasteiger charge is -2.39. The summed E-state index contributed by atoms with van der Waals surface area (Å²) in [5.74, 6) is -2.52. The van der Waals surface area contributed by atoms with E-state index in [1.165, 1.54) is 16.2 Å². The van der Waals surface area contributed by atoms with Crippen LogP contribution >= 0.6 is 11.3 Å². The Labute approximate surface area is 184 Å². The number of thiophene rings is 1. The monoisotopic (exact) mass is 452 g/mol. The van der Waals surface area contributed by atoms with Crippen LogP contribution in [0.25, 0.3) is 0 Å². The number of amides is 4. The number of nitrogens with zero attached hydrogens (tertiary/aromatic N) is 1. The molecular weight excluding hydrogens is 424 g/mol. The van der Waals surface area contributed by atoms with E-state index in [1.807, 2.05) is 17.5 Å². The van der Waals surface area contributed by atoms with Crippen molar-refractivity contribution >= 4 is 40.9 Å². The van der Waals surface area contributed by atoms with Crippen LogP contribution in [0.2, 0.25) is 0 Å². The lowest BCUT2D eigenvalue weighted by atomic mass is 9.95. The predicted molar refractivity (Wildman–Crippen MR) is 113 cm³/mol. The van der Waals surface area contributed by atoms with E-state index < -0.39 is 29.7 Å². The minimum atomic E-state index is -1.09. The molecule has 0 aromatic carbocycles. The van der Waals surface area contributed by atoms with Gasteiger partial charge in [0.2, 0.25) is 23.6 Å². The first-order chi connectivity index (χ1) is 14.8. The Kier molecular flexibility index (Phi) is 9.44. The molecule has 11 heteroatoms. The number of carbonyl (C=O) groups is 5. The lowest BCUT2D eigenvalue weighted by molar-refractivity contribution is -0.145. The molecule has 5 N–H and O–H groups in total. The number of aliphatic carboxylic acids is 1. The number of nitrogens with two attached hydrogens (primary N) is 1. The molecule has 2 heterocycles. The van der Waals surface area contributed by atoms with Gasteiger partial charge in [-0.15, -0.1) is 11.3 Å². The second-order valence-electron chi connectivity index (χ2n) is 7.40. The van der Waals surface area contributed by atoms with Gasteiger partial charge in [-0.1, -0.05) is 6.07 Å². The molecule has 1 aliphatic rings. The number of hydrogen-bond acceptors (Lipinski definition) is 6. The quantitative estimate of drug-likeness (QED) is 0.346. The SMILES string of the molecule is NC(=O)CCCNC(=O)C1CC(NC(=O)Cc2cccs2)CCN1C(=O)CCC(=O)O. The zero-order valence-electron chi connectivity index (χ0n) is 17.2. The van der Waals surface area contributed by atoms with Crippen molar-refractivity contribution in [2.45, 2.75) is 57.0 Å². The standard InChI is InChI=1S/C20H28N4O6S/c21-16(25)4-1-8-22-20(30)15-11-13(23-17(26)12-14-3-2-10-31-14)7-9-24(15)18(27)5-6-19(28)29/h2-3,10,13,15H,1,4-9,11-12H2,(H2,21,25)(H,22,30)(H,23,26)(H,28,29). The Morgan fingerprint density at radius 3 is 2.61 bits per heavy atom. The van der Waals surface area contributed by atoms with E-state index in [2.05, 4.69) is 10.6 Å². The Morgan fingerprint density at radius 1 is 1.19 bits per heavy atom. The third-order valence-corrected chi connectivity index (χ3v) is 5.83. The van der Waals surface area contributed by atoms with Crippen LogP contribution < -0.4 is 16.4 Å². The highest BCUT2D eigenvalue weighted by Gasteiger charge is 2.36. The molecule has 1 aromatic heterocycles. The van der Waals surface area contributed by atoms with Crippen molar-refractivity contribution in [2.24, 2.45) is 5.73 Å². The Balaban J connectivity index is 1.97. The molecule has 170 valence electrons. The van der Waals surface area contributed by atoms with Gasteiger partial charge in [0.1, 0.15) is 6.04 Å². The van der Waals surface area contributed by atoms with E-state index in [0.717, 1.165) is 4.88 Å². The molecule has 4 amide bonds. The smallest absolute Gasteiger partial charge is 0.303 e. The highest BCUT2D eigenvalue weighted by Crippen LogP contribution is 2.20. The van der Waals surface area contributed by atoms with Crippen molar-refractivity contribution < 1.29 is 29.1 Å². The number of nitrogens with one attached hydrogen (secondary N) is 2. The van der Waals surface area contributed by atoms with Crippen LogP contribution in [-0.4, -0.2) is 64.8 Å². The molecule has 10 nitrogen and oxygen atoms in total. The highest BCUT2D eigenvalue weighted by molar-refractivity contribution is 7.10. The van der Waals surface area contributed by atoms with E-state index in [4.69, 9.17) is 10.8 Å². The zero-order valence-corrected chi connectivity index (χ0v) is 18.0. The zero-order chi connectivity index (χ0) is 22.8. The first-order valence-corrected chi connectivity index (χ1v) is 11.0. The number of piperidine rings is 1. The summed E-state index contributed by atoms with van der Waals surface area (Å²) in [6.45, 7) is 0.465. The largest absolute Gasteiger partial charge is 0.481 e. The number of primary amides is 1. The van der Waals surface area contributed by atoms with E-state index in [-0.39, 0.29) is 57.1 Å². The van der Waals surface area contributed by atoms with Crippen LogP contribution in [0.15, 0.2) is 17.5 Å². The molecule has 1 fully saturated rings. The van der Waals surface area contributed by atoms with Crippen LogP contribution in [0.1, 0.15) is 43.4 Å². The van der Waals surface area contributed by atoms with Gasteiger partial charge in [0.15, 0.2) is 0 Å². The van der Waals surface area contributed by atoms with Crippen LogP contribution in [0.3, 0.4) is 0 Å². The Morgan fingerprint density at radius 2 is 1.97 bits per heavy atom. The maximum atomic E-state index is 12.7. The Hall–Kier alpha value is -2.95. The van der Waals surface area contributed by atoms with Crippen molar-refractivity contribution in [3.63, 3.8) is 0 Å². The fraction of sp³-hybridized carbons (Fsp3) is 0.550. The number of carboxylic acids is 1. The molecule has 0 aliphatic carbocycles. The van der Waals surface area contributed by atoms with Crippen molar-refractivity contribution in [1.29, 1.82) is 0 Å². The minimum Gasteiger partial charge on any atom is -0.481 e. The van der Waals surface area contributed by atoms with Crippen LogP contribution in [-0.2, 0) is 30.4 Å². The first kappa shape index (κ1) is 24.3. The molecule has 2 atom stereocenters. The number of carbonyl (C=O) groups excluding carboxylic acids is 4. The van der Waals surface area contributed by atoms with Gasteiger partial charge in [-0.05, 0) is 30.7 Å². The predicted octanol–water partition coefficient (Wildman–Crippen LogP) is 0.0129. The van der Waals surface area contributed by atoms with Crippen molar-refractivity contribution in [3.05, 3.63) is 22.4 Å². The van der Waals surface area contributed by atoms with Crippen LogP contribution in [0.5, 0.6) is 0 Å². The number of carboxylic acid groups (broad SMARTS) is 1. The third-order valence-electron chi connectivity index (χ3n) is 4.96. The second kappa shape index (κ2) is 12.0. The van der Waals surface area contributed by atoms with Gasteiger partial charge >= 0.3 is 5.97 Å². The van der Waals surface area contributed by atoms with Crippen molar-refractivity contribution in [2.75, 3.05) is 13.1 Å². The van der Waals surface area contributed by atoms with Crippen molar-refractivity contribution in [1.82, 2.24) is 15.5 Å². The highest BCUT2D eigenvalue weighted by atomic mass is 32.1. The maximum Gasteiger partial charge on any atom is 0.303 e. The molecule has 1 saturated heterocycles. The molecular formula is C20H28N4O6S. The van der Waals surface area contributed by atoms with Gasteiger partial charge in [-0.3, -0.25) is 24.0 Å². The Bertz CT molecular complexity index is 798. The average Bonchev–Trinajstić information content (AvgIpc) is 3.21. The molecule has 31 heavy (non-hydrogen) atoms. The van der Waals surface area contributed by atoms with E-state index in [9.17, 15) is 24.0 Å². The minimum absolute atomic E-state index is 0.133. The fourth-order valence-corrected chi connectivity index (χ4v) is 4.15. The summed E-state index contributed by atoms with van der Waals surface area (Å²) < 4.78 is 0. The van der Waals surface area contributed by atoms with E-state index in [1.54, 1.807) is 0 Å². The summed E-state index contributed by atoms with van der Waals surface area (Å²) in [5, 5.41) is 16.4. The molecule has 0 radical (unpaired) electrons. The molecule has 2 rings (SSSR count). The molecule has 0 spiro atoms. The maximum absolute atomic E-state index is 12.7. The molecule has 0 saturated carbocycles. The van der Waals surface area contributed by atoms with Gasteiger partial charge in [0.05, 0.1) is 12.8 Å². The van der Waals surface area contributed by atoms with Crippen LogP contribution in [0, 0.1) is 0 Å². The number of likely N-dealkylation sites (tertiary alicyclic amines) is 1. The summed E-state index contributed by atoms with van der Waals surface area (Å²) in [6, 6.07) is 2.64. The van der Waals surface area contributed by atoms with E-state index in [0.29, 0.717) is 12.8 Å². The topological polar surface area (TPSA) is 159 Å². The van der Waals surface area contributed by atoms with Gasteiger partial charge in [0, 0.05) is 36.9 Å². The average molecular weight is 453 g/mol. The first-order valence-electron chi connectivity index (χ1n) is 10.1. The van der Waals surface area contributed by atoms with Gasteiger partial charge < -0.3 is 26.4 Å². The summed E-state index contributed by atoms with van der Waals surface area (Å²) in [4.78, 5) is 61.5. The van der Waals surface area contributed by atoms with E-state index >= 15 is 0 Å². The van der Waals surface area contributed by atoms with Gasteiger partial charge in [0.25, 0.3) is 0 Å². The molecule has 1 aromatic rings. The summed E-state index contributed by atoms with van der Waals surface area (Å²) in [7, 11) is 0. The fourth-order valence-electron chi connectivity index (χ4n) is 3.44. The van der Waals surface area contributed by atoms with Gasteiger partial charge in [-0.2, -0.15) is 0 Å². The molecule has 0 bridgehead atoms. The summed E-state index contributed by atoms with van der Waals surface area (Å²) in [5.41, 5.74) is 5.09. The lowest BCUT2D eigenvalue weighted by Crippen LogP contribution is -2.57. The number of rotatable bonds is 11. The number of hydrogen-bond donors (Lipinski definition) is 4. The summed E-state index contributed by atoms with van der Waals surface area (Å²) in [6.07, 6.45) is 0.950. The van der Waals surface area contributed by atoms with Gasteiger partial charge in [-0.25, -0.2) is 0 Å². The third kappa shape index (κ3) is 8.36. The van der Waals surface area contributed by atoms with Crippen LogP contribution in [0.4, 0.5) is 0 Å². The summed E-state index contributed by atoms with van der Waals surface area (Å²) >= 11 is 1.49. The van der Waals surface area contributed by atoms with Crippen molar-refractivity contribution in [3.8, 4) is 0 Å². The molecule has 2 unspecified atom stereocenters. The normalized spacial score (nSPS) is 18.3. The molecule has 1 aliphatic heterocycles.